The van der Waals surface area contributed by atoms with Crippen LogP contribution < -0.4 is 15.8 Å². The molecule has 1 atom stereocenters. The molecule has 2 aliphatic rings. The molecule has 27 heavy (non-hydrogen) atoms. The summed E-state index contributed by atoms with van der Waals surface area (Å²) in [7, 11) is 0. The lowest BCUT2D eigenvalue weighted by molar-refractivity contribution is -0.128. The van der Waals surface area contributed by atoms with Gasteiger partial charge >= 0.3 is 0 Å². The van der Waals surface area contributed by atoms with Gasteiger partial charge in [0.15, 0.2) is 0 Å². The van der Waals surface area contributed by atoms with Crippen LogP contribution in [0.15, 0.2) is 29.3 Å². The number of amides is 1. The van der Waals surface area contributed by atoms with Crippen molar-refractivity contribution in [2.75, 3.05) is 44.2 Å². The first-order chi connectivity index (χ1) is 13.2. The summed E-state index contributed by atoms with van der Waals surface area (Å²) in [4.78, 5) is 33.4. The van der Waals surface area contributed by atoms with Gasteiger partial charge in [-0.15, -0.1) is 0 Å². The number of carbonyl (C=O) groups is 1. The Morgan fingerprint density at radius 3 is 2.74 bits per heavy atom. The third-order valence-electron chi connectivity index (χ3n) is 5.53. The molecule has 2 aliphatic heterocycles. The Morgan fingerprint density at radius 2 is 2.00 bits per heavy atom. The molecule has 2 saturated heterocycles. The van der Waals surface area contributed by atoms with Gasteiger partial charge in [0.1, 0.15) is 0 Å². The first kappa shape index (κ1) is 17.9. The van der Waals surface area contributed by atoms with E-state index in [1.807, 2.05) is 18.2 Å². The third kappa shape index (κ3) is 3.54. The summed E-state index contributed by atoms with van der Waals surface area (Å²) in [6.07, 6.45) is 3.47. The summed E-state index contributed by atoms with van der Waals surface area (Å²) < 4.78 is 1.43. The Bertz CT molecular complexity index is 889. The molecule has 0 spiro atoms. The number of carbonyl (C=O) groups excluding carboxylic acids is 1. The van der Waals surface area contributed by atoms with Crippen LogP contribution in [0.1, 0.15) is 12.8 Å². The van der Waals surface area contributed by atoms with Crippen LogP contribution in [-0.4, -0.2) is 70.8 Å². The number of aromatic nitrogens is 2. The van der Waals surface area contributed by atoms with Gasteiger partial charge < -0.3 is 15.3 Å². The molecule has 3 heterocycles. The summed E-state index contributed by atoms with van der Waals surface area (Å²) >= 11 is 0. The van der Waals surface area contributed by atoms with E-state index in [2.05, 4.69) is 20.1 Å². The number of nitrogens with zero attached hydrogens (tertiary/aromatic N) is 4. The molecule has 1 aromatic carbocycles. The zero-order chi connectivity index (χ0) is 18.8. The van der Waals surface area contributed by atoms with E-state index in [0.29, 0.717) is 10.9 Å². The summed E-state index contributed by atoms with van der Waals surface area (Å²) in [6, 6.07) is 5.72. The van der Waals surface area contributed by atoms with E-state index in [1.165, 1.54) is 10.9 Å². The van der Waals surface area contributed by atoms with Crippen LogP contribution in [0.4, 0.5) is 5.69 Å². The van der Waals surface area contributed by atoms with Gasteiger partial charge in [0, 0.05) is 38.4 Å². The monoisotopic (exact) mass is 371 g/mol. The van der Waals surface area contributed by atoms with E-state index in [0.717, 1.165) is 51.3 Å². The van der Waals surface area contributed by atoms with Gasteiger partial charge in [-0.2, -0.15) is 0 Å². The molecular formula is C19H25N5O3. The average Bonchev–Trinajstić information content (AvgIpc) is 2.70. The Labute approximate surface area is 157 Å². The molecule has 144 valence electrons. The number of hydrogen-bond donors (Lipinski definition) is 2. The molecule has 0 aliphatic carbocycles. The van der Waals surface area contributed by atoms with Gasteiger partial charge in [-0.05, 0) is 31.0 Å². The van der Waals surface area contributed by atoms with E-state index in [1.54, 1.807) is 0 Å². The number of hydrogen-bond acceptors (Lipinski definition) is 6. The van der Waals surface area contributed by atoms with Crippen LogP contribution in [0.5, 0.6) is 0 Å². The van der Waals surface area contributed by atoms with Gasteiger partial charge in [0.05, 0.1) is 36.4 Å². The van der Waals surface area contributed by atoms with Gasteiger partial charge in [-0.3, -0.25) is 19.1 Å². The molecule has 2 aromatic rings. The number of fused-ring (bicyclic) bond motifs is 1. The SMILES string of the molecule is O=C1NCCCC1N1CCN(c2ccc3c(=O)n(CCO)cnc3c2)CC1. The average molecular weight is 371 g/mol. The fourth-order valence-electron chi connectivity index (χ4n) is 4.01. The lowest BCUT2D eigenvalue weighted by atomic mass is 10.0. The van der Waals surface area contributed by atoms with Crippen molar-refractivity contribution in [1.29, 1.82) is 0 Å². The molecule has 1 amide bonds. The summed E-state index contributed by atoms with van der Waals surface area (Å²) in [5.41, 5.74) is 1.58. The summed E-state index contributed by atoms with van der Waals surface area (Å²) in [6.45, 7) is 4.34. The van der Waals surface area contributed by atoms with Crippen LogP contribution in [0, 0.1) is 0 Å². The Hall–Kier alpha value is -2.45. The first-order valence-corrected chi connectivity index (χ1v) is 9.54. The normalized spacial score (nSPS) is 21.4. The maximum atomic E-state index is 12.4. The van der Waals surface area contributed by atoms with Crippen molar-refractivity contribution < 1.29 is 9.90 Å². The lowest BCUT2D eigenvalue weighted by Gasteiger charge is -2.40. The minimum Gasteiger partial charge on any atom is -0.395 e. The van der Waals surface area contributed by atoms with Gasteiger partial charge in [-0.25, -0.2) is 4.98 Å². The van der Waals surface area contributed by atoms with Crippen LogP contribution in [0.25, 0.3) is 10.9 Å². The molecule has 1 aromatic heterocycles. The number of aliphatic hydroxyl groups excluding tert-OH is 1. The molecule has 8 heteroatoms. The maximum Gasteiger partial charge on any atom is 0.261 e. The number of nitrogens with one attached hydrogen (secondary N) is 1. The highest BCUT2D eigenvalue weighted by Gasteiger charge is 2.30. The van der Waals surface area contributed by atoms with Crippen molar-refractivity contribution in [3.05, 3.63) is 34.9 Å². The van der Waals surface area contributed by atoms with Crippen molar-refractivity contribution >= 4 is 22.5 Å². The zero-order valence-corrected chi connectivity index (χ0v) is 15.3. The van der Waals surface area contributed by atoms with E-state index >= 15 is 0 Å². The molecular weight excluding hydrogens is 346 g/mol. The Balaban J connectivity index is 1.48. The molecule has 0 radical (unpaired) electrons. The molecule has 2 fully saturated rings. The van der Waals surface area contributed by atoms with Crippen molar-refractivity contribution in [2.24, 2.45) is 0 Å². The number of aliphatic hydroxyl groups is 1. The van der Waals surface area contributed by atoms with Crippen molar-refractivity contribution in [3.63, 3.8) is 0 Å². The summed E-state index contributed by atoms with van der Waals surface area (Å²) in [5, 5.41) is 12.6. The highest BCUT2D eigenvalue weighted by molar-refractivity contribution is 5.83. The van der Waals surface area contributed by atoms with E-state index in [9.17, 15) is 9.59 Å². The highest BCUT2D eigenvalue weighted by atomic mass is 16.3. The minimum atomic E-state index is -0.131. The minimum absolute atomic E-state index is 0.00385. The van der Waals surface area contributed by atoms with Crippen LogP contribution in [-0.2, 0) is 11.3 Å². The number of piperazine rings is 1. The second kappa shape index (κ2) is 7.66. The predicted molar refractivity (Wildman–Crippen MR) is 103 cm³/mol. The number of rotatable bonds is 4. The number of benzene rings is 1. The predicted octanol–water partition coefficient (Wildman–Crippen LogP) is -0.211. The van der Waals surface area contributed by atoms with Crippen molar-refractivity contribution in [2.45, 2.75) is 25.4 Å². The van der Waals surface area contributed by atoms with E-state index in [-0.39, 0.29) is 30.7 Å². The number of piperidine rings is 1. The molecule has 0 saturated carbocycles. The largest absolute Gasteiger partial charge is 0.395 e. The number of anilines is 1. The molecule has 0 bridgehead atoms. The fourth-order valence-corrected chi connectivity index (χ4v) is 4.01. The second-order valence-electron chi connectivity index (χ2n) is 7.14. The Morgan fingerprint density at radius 1 is 1.19 bits per heavy atom. The molecule has 4 rings (SSSR count). The lowest BCUT2D eigenvalue weighted by Crippen LogP contribution is -2.56. The Kier molecular flexibility index (Phi) is 5.09. The van der Waals surface area contributed by atoms with Crippen LogP contribution in [0.3, 0.4) is 0 Å². The van der Waals surface area contributed by atoms with Gasteiger partial charge in [0.2, 0.25) is 5.91 Å². The quantitative estimate of drug-likeness (QED) is 0.773. The van der Waals surface area contributed by atoms with Crippen LogP contribution >= 0.6 is 0 Å². The van der Waals surface area contributed by atoms with Crippen LogP contribution in [0.2, 0.25) is 0 Å². The van der Waals surface area contributed by atoms with Gasteiger partial charge in [0.25, 0.3) is 5.56 Å². The van der Waals surface area contributed by atoms with Crippen molar-refractivity contribution in [3.8, 4) is 0 Å². The smallest absolute Gasteiger partial charge is 0.261 e. The molecule has 1 unspecified atom stereocenters. The standard InChI is InChI=1S/C19H25N5O3/c25-11-10-24-13-21-16-12-14(3-4-15(16)19(24)27)22-6-8-23(9-7-22)17-2-1-5-20-18(17)26/h3-4,12-13,17,25H,1-2,5-11H2,(H,20,26). The topological polar surface area (TPSA) is 90.7 Å². The third-order valence-corrected chi connectivity index (χ3v) is 5.53. The highest BCUT2D eigenvalue weighted by Crippen LogP contribution is 2.22. The van der Waals surface area contributed by atoms with E-state index in [4.69, 9.17) is 5.11 Å². The molecule has 2 N–H and O–H groups in total. The fraction of sp³-hybridized carbons (Fsp3) is 0.526. The zero-order valence-electron chi connectivity index (χ0n) is 15.3. The summed E-state index contributed by atoms with van der Waals surface area (Å²) in [5.74, 6) is 0.156. The van der Waals surface area contributed by atoms with Gasteiger partial charge in [-0.1, -0.05) is 0 Å². The molecule has 8 nitrogen and oxygen atoms in total. The van der Waals surface area contributed by atoms with E-state index < -0.39 is 0 Å². The maximum absolute atomic E-state index is 12.4. The second-order valence-corrected chi connectivity index (χ2v) is 7.14. The first-order valence-electron chi connectivity index (χ1n) is 9.54. The van der Waals surface area contributed by atoms with Crippen molar-refractivity contribution in [1.82, 2.24) is 19.8 Å².